The highest BCUT2D eigenvalue weighted by atomic mass is 16.5. The van der Waals surface area contributed by atoms with Crippen LogP contribution in [-0.4, -0.2) is 58.5 Å². The molecule has 378 valence electrons. The summed E-state index contributed by atoms with van der Waals surface area (Å²) < 4.78 is 16.2. The molecule has 1 aromatic rings. The minimum absolute atomic E-state index is 0.0217. The largest absolute Gasteiger partial charge is 0.465 e. The molecule has 0 bridgehead atoms. The minimum atomic E-state index is 0.0217. The number of esters is 2. The van der Waals surface area contributed by atoms with Gasteiger partial charge in [-0.25, -0.2) is 0 Å². The molecule has 7 heteroatoms. The first kappa shape index (κ1) is 60.3. The van der Waals surface area contributed by atoms with E-state index in [4.69, 9.17) is 9.47 Å². The minimum Gasteiger partial charge on any atom is -0.465 e. The summed E-state index contributed by atoms with van der Waals surface area (Å²) in [6.45, 7) is 16.0. The summed E-state index contributed by atoms with van der Waals surface area (Å²) in [5, 5.41) is 0. The van der Waals surface area contributed by atoms with Crippen LogP contribution < -0.4 is 0 Å². The fraction of sp³-hybridized carbons (Fsp3) is 0.930. The van der Waals surface area contributed by atoms with E-state index in [0.29, 0.717) is 43.9 Å². The van der Waals surface area contributed by atoms with Gasteiger partial charge in [0.15, 0.2) is 0 Å². The number of unbranched alkanes of at least 4 members (excludes halogenated alkanes) is 24. The lowest BCUT2D eigenvalue weighted by atomic mass is 9.96. The summed E-state index contributed by atoms with van der Waals surface area (Å²) in [5.41, 5.74) is 0. The number of rotatable bonds is 50. The Morgan fingerprint density at radius 2 is 0.781 bits per heavy atom. The second-order valence-electron chi connectivity index (χ2n) is 20.2. The molecule has 0 N–H and O–H groups in total. The predicted molar refractivity (Wildman–Crippen MR) is 276 cm³/mol. The van der Waals surface area contributed by atoms with Crippen LogP contribution in [0.5, 0.6) is 0 Å². The summed E-state index contributed by atoms with van der Waals surface area (Å²) in [6.07, 6.45) is 52.1. The zero-order valence-electron chi connectivity index (χ0n) is 44.0. The molecule has 7 nitrogen and oxygen atoms in total. The van der Waals surface area contributed by atoms with Crippen molar-refractivity contribution in [3.8, 4) is 0 Å². The van der Waals surface area contributed by atoms with Gasteiger partial charge in [0.1, 0.15) is 0 Å². The van der Waals surface area contributed by atoms with Gasteiger partial charge < -0.3 is 9.47 Å². The van der Waals surface area contributed by atoms with Crippen molar-refractivity contribution in [2.45, 2.75) is 298 Å². The quantitative estimate of drug-likeness (QED) is 0.0481. The van der Waals surface area contributed by atoms with Crippen molar-refractivity contribution in [2.24, 2.45) is 18.9 Å². The van der Waals surface area contributed by atoms with Crippen molar-refractivity contribution in [1.29, 1.82) is 0 Å². The predicted octanol–water partition coefficient (Wildman–Crippen LogP) is 17.1. The number of hydrogen-bond acceptors (Lipinski definition) is 5. The maximum absolute atomic E-state index is 12.6. The Labute approximate surface area is 399 Å². The normalized spacial score (nSPS) is 13.2. The lowest BCUT2D eigenvalue weighted by molar-refractivity contribution is -0.146. The fourth-order valence-corrected chi connectivity index (χ4v) is 9.62. The Morgan fingerprint density at radius 1 is 0.422 bits per heavy atom. The van der Waals surface area contributed by atoms with Crippen molar-refractivity contribution < 1.29 is 19.1 Å². The van der Waals surface area contributed by atoms with E-state index in [-0.39, 0.29) is 11.9 Å². The Morgan fingerprint density at radius 3 is 1.19 bits per heavy atom. The standard InChI is InChI=1S/C57H111N3O4/c1-7-12-17-20-25-30-37-46-59(48-50-60-49-47-58(60)6)55(42-33-26-21-23-28-35-44-56(61)63-51-53(38-15-10-4)40-31-18-13-8-2)43-34-27-22-24-29-36-45-57(62)64-52-54(39-16-11-5)41-32-19-14-9-3/h47,49,53-55H,7-46,48,50-52H2,1-6H3. The first-order valence-corrected chi connectivity index (χ1v) is 28.6. The summed E-state index contributed by atoms with van der Waals surface area (Å²) in [6, 6.07) is 0.654. The van der Waals surface area contributed by atoms with E-state index in [1.807, 2.05) is 0 Å². The first-order valence-electron chi connectivity index (χ1n) is 28.6. The van der Waals surface area contributed by atoms with E-state index in [1.165, 1.54) is 218 Å². The van der Waals surface area contributed by atoms with Gasteiger partial charge in [0.05, 0.1) is 19.8 Å². The molecule has 0 saturated heterocycles. The number of nitrogens with zero attached hydrogens (tertiary/aromatic N) is 3. The maximum atomic E-state index is 12.6. The molecule has 1 heterocycles. The van der Waals surface area contributed by atoms with Crippen LogP contribution >= 0.6 is 0 Å². The monoisotopic (exact) mass is 902 g/mol. The Balaban J connectivity index is 2.55. The summed E-state index contributed by atoms with van der Waals surface area (Å²) in [7, 11) is 2.16. The van der Waals surface area contributed by atoms with Gasteiger partial charge in [-0.15, -0.1) is 0 Å². The third-order valence-corrected chi connectivity index (χ3v) is 14.2. The number of carbonyl (C=O) groups excluding carboxylic acids is 2. The van der Waals surface area contributed by atoms with Crippen LogP contribution in [-0.2, 0) is 32.7 Å². The van der Waals surface area contributed by atoms with Crippen molar-refractivity contribution >= 4 is 11.9 Å². The Bertz CT molecular complexity index is 1080. The zero-order chi connectivity index (χ0) is 46.6. The van der Waals surface area contributed by atoms with Crippen molar-refractivity contribution in [3.63, 3.8) is 0 Å². The van der Waals surface area contributed by atoms with E-state index in [2.05, 4.69) is 68.3 Å². The van der Waals surface area contributed by atoms with E-state index < -0.39 is 0 Å². The molecule has 0 saturated carbocycles. The van der Waals surface area contributed by atoms with E-state index in [9.17, 15) is 9.59 Å². The molecular formula is C57H111N3O4. The van der Waals surface area contributed by atoms with Gasteiger partial charge in [-0.1, -0.05) is 214 Å². The Hall–Kier alpha value is -1.76. The molecule has 2 unspecified atom stereocenters. The zero-order valence-corrected chi connectivity index (χ0v) is 44.0. The van der Waals surface area contributed by atoms with E-state index >= 15 is 0 Å². The number of carbonyl (C=O) groups is 2. The molecule has 0 aliphatic rings. The van der Waals surface area contributed by atoms with Crippen LogP contribution in [0.4, 0.5) is 0 Å². The molecule has 0 fully saturated rings. The van der Waals surface area contributed by atoms with Crippen LogP contribution in [0.2, 0.25) is 0 Å². The van der Waals surface area contributed by atoms with Gasteiger partial charge in [-0.3, -0.25) is 23.9 Å². The van der Waals surface area contributed by atoms with Crippen molar-refractivity contribution in [3.05, 3.63) is 12.4 Å². The number of ether oxygens (including phenoxy) is 2. The maximum Gasteiger partial charge on any atom is 0.305 e. The smallest absolute Gasteiger partial charge is 0.305 e. The van der Waals surface area contributed by atoms with Crippen LogP contribution in [0.15, 0.2) is 12.4 Å². The second-order valence-corrected chi connectivity index (χ2v) is 20.2. The third kappa shape index (κ3) is 35.4. The SMILES string of the molecule is CCCCCCCCCN(CCn1ccn1C)C(CCCCCCCCC(=O)OCC(CCCC)CCCCCC)CCCCCCCCC(=O)OCC(CCCC)CCCCCC. The average molecular weight is 903 g/mol. The van der Waals surface area contributed by atoms with Crippen LogP contribution in [0, 0.1) is 11.8 Å². The van der Waals surface area contributed by atoms with Crippen molar-refractivity contribution in [2.75, 3.05) is 26.3 Å². The summed E-state index contributed by atoms with van der Waals surface area (Å²) in [5.74, 6) is 1.13. The topological polar surface area (TPSA) is 65.7 Å². The summed E-state index contributed by atoms with van der Waals surface area (Å²) >= 11 is 0. The highest BCUT2D eigenvalue weighted by Gasteiger charge is 2.19. The van der Waals surface area contributed by atoms with Crippen molar-refractivity contribution in [1.82, 2.24) is 14.3 Å². The molecule has 0 aliphatic heterocycles. The lowest BCUT2D eigenvalue weighted by Gasteiger charge is -2.33. The van der Waals surface area contributed by atoms with Crippen LogP contribution in [0.3, 0.4) is 0 Å². The molecule has 1 aromatic heterocycles. The van der Waals surface area contributed by atoms with Gasteiger partial charge in [-0.2, -0.15) is 0 Å². The van der Waals surface area contributed by atoms with Gasteiger partial charge in [0, 0.05) is 44.9 Å². The molecular weight excluding hydrogens is 791 g/mol. The molecule has 0 aliphatic carbocycles. The number of aromatic nitrogens is 2. The third-order valence-electron chi connectivity index (χ3n) is 14.2. The molecule has 0 aromatic carbocycles. The summed E-state index contributed by atoms with van der Waals surface area (Å²) in [4.78, 5) is 28.1. The number of hydrogen-bond donors (Lipinski definition) is 0. The van der Waals surface area contributed by atoms with E-state index in [0.717, 1.165) is 38.8 Å². The molecule has 2 atom stereocenters. The molecule has 0 amide bonds. The average Bonchev–Trinajstić information content (AvgIpc) is 3.29. The van der Waals surface area contributed by atoms with Gasteiger partial charge in [-0.05, 0) is 76.2 Å². The van der Waals surface area contributed by atoms with Crippen LogP contribution in [0.1, 0.15) is 285 Å². The second kappa shape index (κ2) is 45.0. The van der Waals surface area contributed by atoms with Gasteiger partial charge >= 0.3 is 11.9 Å². The highest BCUT2D eigenvalue weighted by molar-refractivity contribution is 5.69. The highest BCUT2D eigenvalue weighted by Crippen LogP contribution is 2.23. The lowest BCUT2D eigenvalue weighted by Crippen LogP contribution is -2.39. The molecule has 0 radical (unpaired) electrons. The van der Waals surface area contributed by atoms with Crippen LogP contribution in [0.25, 0.3) is 0 Å². The van der Waals surface area contributed by atoms with Gasteiger partial charge in [0.25, 0.3) is 0 Å². The Kier molecular flexibility index (Phi) is 42.4. The molecule has 64 heavy (non-hydrogen) atoms. The molecule has 1 rings (SSSR count). The number of aryl methyl sites for hydroxylation is 1. The first-order chi connectivity index (χ1) is 31.4. The fourth-order valence-electron chi connectivity index (χ4n) is 9.62. The molecule has 0 spiro atoms. The van der Waals surface area contributed by atoms with E-state index in [1.54, 1.807) is 0 Å². The van der Waals surface area contributed by atoms with Gasteiger partial charge in [0.2, 0.25) is 0 Å².